The van der Waals surface area contributed by atoms with Crippen LogP contribution < -0.4 is 10.6 Å². The van der Waals surface area contributed by atoms with E-state index in [9.17, 15) is 9.59 Å². The number of nitrogens with zero attached hydrogens (tertiary/aromatic N) is 1. The fourth-order valence-electron chi connectivity index (χ4n) is 2.42. The summed E-state index contributed by atoms with van der Waals surface area (Å²) >= 11 is 1.38. The molecule has 1 aromatic carbocycles. The lowest BCUT2D eigenvalue weighted by molar-refractivity contribution is -0.121. The van der Waals surface area contributed by atoms with Crippen molar-refractivity contribution in [2.75, 3.05) is 10.6 Å². The van der Waals surface area contributed by atoms with Crippen LogP contribution in [0.1, 0.15) is 18.4 Å². The van der Waals surface area contributed by atoms with Gasteiger partial charge in [-0.3, -0.25) is 9.59 Å². The predicted octanol–water partition coefficient (Wildman–Crippen LogP) is 2.67. The minimum Gasteiger partial charge on any atom is -0.326 e. The third-order valence-electron chi connectivity index (χ3n) is 3.51. The van der Waals surface area contributed by atoms with Crippen molar-refractivity contribution >= 4 is 34.0 Å². The molecule has 2 amide bonds. The molecule has 0 saturated carbocycles. The van der Waals surface area contributed by atoms with E-state index >= 15 is 0 Å². The first-order valence-corrected chi connectivity index (χ1v) is 7.68. The second-order valence-corrected chi connectivity index (χ2v) is 5.87. The third kappa shape index (κ3) is 3.28. The molecule has 1 atom stereocenters. The van der Waals surface area contributed by atoms with Crippen LogP contribution in [0.15, 0.2) is 35.8 Å². The lowest BCUT2D eigenvalue weighted by atomic mass is 9.89. The van der Waals surface area contributed by atoms with Crippen LogP contribution in [0.3, 0.4) is 0 Å². The summed E-state index contributed by atoms with van der Waals surface area (Å²) in [6.07, 6.45) is 3.19. The molecule has 0 radical (unpaired) electrons. The van der Waals surface area contributed by atoms with Crippen LogP contribution in [0.4, 0.5) is 10.8 Å². The van der Waals surface area contributed by atoms with Crippen molar-refractivity contribution in [3.63, 3.8) is 0 Å². The third-order valence-corrected chi connectivity index (χ3v) is 4.20. The molecule has 0 bridgehead atoms. The van der Waals surface area contributed by atoms with E-state index in [1.807, 2.05) is 24.3 Å². The van der Waals surface area contributed by atoms with Crippen molar-refractivity contribution < 1.29 is 9.59 Å². The van der Waals surface area contributed by atoms with Gasteiger partial charge in [0.1, 0.15) is 0 Å². The van der Waals surface area contributed by atoms with Crippen LogP contribution in [0.25, 0.3) is 0 Å². The maximum atomic E-state index is 12.0. The number of aromatic nitrogens is 1. The molecular formula is C15H15N3O2S. The summed E-state index contributed by atoms with van der Waals surface area (Å²) in [4.78, 5) is 27.9. The minimum absolute atomic E-state index is 0.00394. The lowest BCUT2D eigenvalue weighted by Crippen LogP contribution is -2.30. The topological polar surface area (TPSA) is 71.1 Å². The maximum absolute atomic E-state index is 12.0. The number of nitrogens with one attached hydrogen (secondary N) is 2. The van der Waals surface area contributed by atoms with Gasteiger partial charge in [-0.2, -0.15) is 0 Å². The number of carbonyl (C=O) groups is 2. The average molecular weight is 301 g/mol. The van der Waals surface area contributed by atoms with Gasteiger partial charge in [0.05, 0.1) is 0 Å². The number of carbonyl (C=O) groups excluding carboxylic acids is 2. The Morgan fingerprint density at radius 2 is 2.29 bits per heavy atom. The molecule has 0 aliphatic carbocycles. The zero-order chi connectivity index (χ0) is 14.7. The van der Waals surface area contributed by atoms with Crippen LogP contribution in [0, 0.1) is 5.92 Å². The summed E-state index contributed by atoms with van der Waals surface area (Å²) in [7, 11) is 0. The second-order valence-electron chi connectivity index (χ2n) is 4.97. The molecule has 6 heteroatoms. The van der Waals surface area contributed by atoms with Gasteiger partial charge in [0.2, 0.25) is 11.8 Å². The Hall–Kier alpha value is -2.21. The van der Waals surface area contributed by atoms with Crippen molar-refractivity contribution in [3.8, 4) is 0 Å². The summed E-state index contributed by atoms with van der Waals surface area (Å²) in [6.45, 7) is 0. The predicted molar refractivity (Wildman–Crippen MR) is 82.2 cm³/mol. The molecule has 2 aromatic rings. The molecule has 5 nitrogen and oxygen atoms in total. The second kappa shape index (κ2) is 6.05. The molecule has 2 N–H and O–H groups in total. The molecule has 0 spiro atoms. The number of hydrogen-bond donors (Lipinski definition) is 2. The van der Waals surface area contributed by atoms with E-state index in [0.29, 0.717) is 24.4 Å². The van der Waals surface area contributed by atoms with E-state index in [4.69, 9.17) is 0 Å². The molecular weight excluding hydrogens is 286 g/mol. The minimum atomic E-state index is -0.151. The molecule has 0 saturated heterocycles. The van der Waals surface area contributed by atoms with Gasteiger partial charge in [0, 0.05) is 29.6 Å². The van der Waals surface area contributed by atoms with E-state index in [1.165, 1.54) is 11.3 Å². The number of amides is 2. The summed E-state index contributed by atoms with van der Waals surface area (Å²) in [5.74, 6) is -0.255. The Labute approximate surface area is 126 Å². The van der Waals surface area contributed by atoms with Crippen molar-refractivity contribution in [2.24, 2.45) is 5.92 Å². The number of thiazole rings is 1. The number of fused-ring (bicyclic) bond motifs is 1. The Kier molecular flexibility index (Phi) is 3.96. The van der Waals surface area contributed by atoms with Gasteiger partial charge < -0.3 is 10.6 Å². The summed E-state index contributed by atoms with van der Waals surface area (Å²) in [6, 6.07) is 7.78. The molecule has 3 rings (SSSR count). The summed E-state index contributed by atoms with van der Waals surface area (Å²) in [5.41, 5.74) is 2.01. The standard InChI is InChI=1S/C15H15N3O2S/c19-13(18-15-16-7-8-21-15)6-5-11-9-10-3-1-2-4-12(10)17-14(11)20/h1-4,7-8,11H,5-6,9H2,(H,17,20)(H,16,18,19)/t11-/m0/s1. The smallest absolute Gasteiger partial charge is 0.227 e. The largest absolute Gasteiger partial charge is 0.326 e. The van der Waals surface area contributed by atoms with E-state index < -0.39 is 0 Å². The van der Waals surface area contributed by atoms with Crippen molar-refractivity contribution in [1.82, 2.24) is 4.98 Å². The average Bonchev–Trinajstić information content (AvgIpc) is 2.98. The SMILES string of the molecule is O=C(CC[C@H]1Cc2ccccc2NC1=O)Nc1nccs1. The van der Waals surface area contributed by atoms with Gasteiger partial charge >= 0.3 is 0 Å². The molecule has 108 valence electrons. The van der Waals surface area contributed by atoms with E-state index in [0.717, 1.165) is 11.3 Å². The Morgan fingerprint density at radius 1 is 1.43 bits per heavy atom. The van der Waals surface area contributed by atoms with E-state index in [-0.39, 0.29) is 17.7 Å². The first-order valence-electron chi connectivity index (χ1n) is 6.80. The highest BCUT2D eigenvalue weighted by Gasteiger charge is 2.26. The van der Waals surface area contributed by atoms with Crippen LogP contribution in [0.2, 0.25) is 0 Å². The van der Waals surface area contributed by atoms with Crippen molar-refractivity contribution in [2.45, 2.75) is 19.3 Å². The summed E-state index contributed by atoms with van der Waals surface area (Å²) < 4.78 is 0. The highest BCUT2D eigenvalue weighted by atomic mass is 32.1. The number of anilines is 2. The van der Waals surface area contributed by atoms with E-state index in [1.54, 1.807) is 11.6 Å². The molecule has 0 fully saturated rings. The number of rotatable bonds is 4. The van der Waals surface area contributed by atoms with Crippen LogP contribution in [-0.4, -0.2) is 16.8 Å². The quantitative estimate of drug-likeness (QED) is 0.912. The zero-order valence-electron chi connectivity index (χ0n) is 11.3. The molecule has 2 heterocycles. The van der Waals surface area contributed by atoms with Gasteiger partial charge in [0.15, 0.2) is 5.13 Å². The Morgan fingerprint density at radius 3 is 3.10 bits per heavy atom. The van der Waals surface area contributed by atoms with E-state index in [2.05, 4.69) is 15.6 Å². The molecule has 0 unspecified atom stereocenters. The highest BCUT2D eigenvalue weighted by molar-refractivity contribution is 7.13. The first-order chi connectivity index (χ1) is 10.2. The molecule has 1 aliphatic rings. The highest BCUT2D eigenvalue weighted by Crippen LogP contribution is 2.27. The van der Waals surface area contributed by atoms with Gasteiger partial charge in [-0.25, -0.2) is 4.98 Å². The monoisotopic (exact) mass is 301 g/mol. The fourth-order valence-corrected chi connectivity index (χ4v) is 2.96. The van der Waals surface area contributed by atoms with Crippen LogP contribution >= 0.6 is 11.3 Å². The van der Waals surface area contributed by atoms with Gasteiger partial charge in [0.25, 0.3) is 0 Å². The van der Waals surface area contributed by atoms with Gasteiger partial charge in [-0.1, -0.05) is 18.2 Å². The maximum Gasteiger partial charge on any atom is 0.227 e. The number of benzene rings is 1. The first kappa shape index (κ1) is 13.8. The van der Waals surface area contributed by atoms with Crippen LogP contribution in [-0.2, 0) is 16.0 Å². The molecule has 21 heavy (non-hydrogen) atoms. The summed E-state index contributed by atoms with van der Waals surface area (Å²) in [5, 5.41) is 8.03. The zero-order valence-corrected chi connectivity index (χ0v) is 12.2. The van der Waals surface area contributed by atoms with Crippen molar-refractivity contribution in [1.29, 1.82) is 0 Å². The lowest BCUT2D eigenvalue weighted by Gasteiger charge is -2.24. The van der Waals surface area contributed by atoms with Crippen molar-refractivity contribution in [3.05, 3.63) is 41.4 Å². The normalized spacial score (nSPS) is 17.0. The number of para-hydroxylation sites is 1. The molecule has 1 aliphatic heterocycles. The molecule has 1 aromatic heterocycles. The Bertz CT molecular complexity index is 655. The van der Waals surface area contributed by atoms with Gasteiger partial charge in [-0.15, -0.1) is 11.3 Å². The van der Waals surface area contributed by atoms with Crippen LogP contribution in [0.5, 0.6) is 0 Å². The fraction of sp³-hybridized carbons (Fsp3) is 0.267. The number of hydrogen-bond acceptors (Lipinski definition) is 4. The Balaban J connectivity index is 1.56. The van der Waals surface area contributed by atoms with Gasteiger partial charge in [-0.05, 0) is 24.5 Å².